The fourth-order valence-corrected chi connectivity index (χ4v) is 4.66. The number of carbonyl (C=O) groups excluding carboxylic acids is 1. The summed E-state index contributed by atoms with van der Waals surface area (Å²) in [6.07, 6.45) is 1.40. The average Bonchev–Trinajstić information content (AvgIpc) is 2.63. The molecule has 1 heterocycles. The number of rotatable bonds is 5. The maximum absolute atomic E-state index is 12.7. The van der Waals surface area contributed by atoms with Crippen molar-refractivity contribution in [3.05, 3.63) is 66.2 Å². The Kier molecular flexibility index (Phi) is 5.50. The molecular weight excluding hydrogens is 336 g/mol. The van der Waals surface area contributed by atoms with Crippen molar-refractivity contribution in [3.8, 4) is 0 Å². The Hall–Kier alpha value is -2.18. The molecule has 25 heavy (non-hydrogen) atoms. The van der Waals surface area contributed by atoms with Gasteiger partial charge < -0.3 is 5.32 Å². The van der Waals surface area contributed by atoms with Crippen LogP contribution >= 0.6 is 0 Å². The number of piperidine rings is 1. The van der Waals surface area contributed by atoms with Gasteiger partial charge in [0.05, 0.1) is 11.7 Å². The van der Waals surface area contributed by atoms with Crippen molar-refractivity contribution < 1.29 is 13.2 Å². The molecule has 1 saturated heterocycles. The molecule has 2 aromatic rings. The van der Waals surface area contributed by atoms with Crippen LogP contribution < -0.4 is 5.32 Å². The second-order valence-electron chi connectivity index (χ2n) is 6.29. The van der Waals surface area contributed by atoms with Crippen molar-refractivity contribution in [1.29, 1.82) is 0 Å². The minimum absolute atomic E-state index is 0.0269. The lowest BCUT2D eigenvalue weighted by atomic mass is 9.99. The molecule has 1 atom stereocenters. The Morgan fingerprint density at radius 1 is 1.04 bits per heavy atom. The van der Waals surface area contributed by atoms with Crippen LogP contribution in [0.1, 0.15) is 18.4 Å². The first-order valence-corrected chi connectivity index (χ1v) is 10.0. The van der Waals surface area contributed by atoms with Gasteiger partial charge in [0.25, 0.3) is 0 Å². The van der Waals surface area contributed by atoms with Gasteiger partial charge in [-0.25, -0.2) is 12.7 Å². The van der Waals surface area contributed by atoms with E-state index < -0.39 is 10.0 Å². The molecule has 1 aliphatic heterocycles. The van der Waals surface area contributed by atoms with Crippen molar-refractivity contribution in [1.82, 2.24) is 4.31 Å². The number of para-hydroxylation sites is 1. The Morgan fingerprint density at radius 3 is 2.36 bits per heavy atom. The lowest BCUT2D eigenvalue weighted by molar-refractivity contribution is -0.120. The zero-order valence-electron chi connectivity index (χ0n) is 14.0. The summed E-state index contributed by atoms with van der Waals surface area (Å²) < 4.78 is 26.8. The second kappa shape index (κ2) is 7.80. The highest BCUT2D eigenvalue weighted by atomic mass is 32.2. The summed E-state index contributed by atoms with van der Waals surface area (Å²) in [6.45, 7) is 0.720. The number of nitrogens with zero attached hydrogens (tertiary/aromatic N) is 1. The highest BCUT2D eigenvalue weighted by molar-refractivity contribution is 7.88. The topological polar surface area (TPSA) is 66.5 Å². The van der Waals surface area contributed by atoms with E-state index in [2.05, 4.69) is 5.32 Å². The van der Waals surface area contributed by atoms with Crippen LogP contribution in [0.15, 0.2) is 60.7 Å². The van der Waals surface area contributed by atoms with E-state index in [0.29, 0.717) is 19.4 Å². The number of nitrogens with one attached hydrogen (secondary N) is 1. The van der Waals surface area contributed by atoms with Crippen molar-refractivity contribution >= 4 is 21.6 Å². The number of hydrogen-bond acceptors (Lipinski definition) is 3. The van der Waals surface area contributed by atoms with Crippen molar-refractivity contribution in [3.63, 3.8) is 0 Å². The summed E-state index contributed by atoms with van der Waals surface area (Å²) in [7, 11) is -3.42. The predicted molar refractivity (Wildman–Crippen MR) is 98.4 cm³/mol. The molecule has 0 saturated carbocycles. The van der Waals surface area contributed by atoms with E-state index in [9.17, 15) is 13.2 Å². The molecule has 0 aromatic heterocycles. The Balaban J connectivity index is 1.65. The normalized spacial score (nSPS) is 18.6. The van der Waals surface area contributed by atoms with Crippen molar-refractivity contribution in [2.45, 2.75) is 18.6 Å². The molecule has 1 N–H and O–H groups in total. The SMILES string of the molecule is O=C(Nc1ccccc1)[C@@H]1CCCN(S(=O)(=O)Cc2ccccc2)C1. The quantitative estimate of drug-likeness (QED) is 0.894. The molecule has 1 fully saturated rings. The minimum Gasteiger partial charge on any atom is -0.326 e. The fraction of sp³-hybridized carbons (Fsp3) is 0.316. The molecule has 6 heteroatoms. The number of carbonyl (C=O) groups is 1. The average molecular weight is 358 g/mol. The van der Waals surface area contributed by atoms with Gasteiger partial charge >= 0.3 is 0 Å². The Bertz CT molecular complexity index is 807. The first-order valence-electron chi connectivity index (χ1n) is 8.42. The Labute approximate surface area is 148 Å². The van der Waals surface area contributed by atoms with Crippen LogP contribution in [0.25, 0.3) is 0 Å². The van der Waals surface area contributed by atoms with E-state index in [-0.39, 0.29) is 24.1 Å². The van der Waals surface area contributed by atoms with Gasteiger partial charge in [-0.3, -0.25) is 4.79 Å². The van der Waals surface area contributed by atoms with Crippen LogP contribution in [0, 0.1) is 5.92 Å². The van der Waals surface area contributed by atoms with Gasteiger partial charge in [-0.2, -0.15) is 0 Å². The third-order valence-electron chi connectivity index (χ3n) is 4.38. The van der Waals surface area contributed by atoms with Gasteiger partial charge in [0.2, 0.25) is 15.9 Å². The lowest BCUT2D eigenvalue weighted by Gasteiger charge is -2.31. The monoisotopic (exact) mass is 358 g/mol. The minimum atomic E-state index is -3.42. The standard InChI is InChI=1S/C19H22N2O3S/c22-19(20-18-11-5-2-6-12-18)17-10-7-13-21(14-17)25(23,24)15-16-8-3-1-4-9-16/h1-6,8-9,11-12,17H,7,10,13-15H2,(H,20,22)/t17-/m1/s1. The number of anilines is 1. The van der Waals surface area contributed by atoms with Gasteiger partial charge in [0.1, 0.15) is 0 Å². The molecular formula is C19H22N2O3S. The number of hydrogen-bond donors (Lipinski definition) is 1. The zero-order valence-corrected chi connectivity index (χ0v) is 14.8. The summed E-state index contributed by atoms with van der Waals surface area (Å²) in [6, 6.07) is 18.4. The molecule has 1 amide bonds. The fourth-order valence-electron chi connectivity index (χ4n) is 3.05. The molecule has 1 aliphatic rings. The second-order valence-corrected chi connectivity index (χ2v) is 8.26. The van der Waals surface area contributed by atoms with Crippen LogP contribution in [0.2, 0.25) is 0 Å². The molecule has 3 rings (SSSR count). The smallest absolute Gasteiger partial charge is 0.228 e. The summed E-state index contributed by atoms with van der Waals surface area (Å²) in [5, 5.41) is 2.87. The number of sulfonamides is 1. The summed E-state index contributed by atoms with van der Waals surface area (Å²) in [4.78, 5) is 12.5. The first kappa shape index (κ1) is 17.6. The van der Waals surface area contributed by atoms with Crippen molar-refractivity contribution in [2.24, 2.45) is 5.92 Å². The summed E-state index contributed by atoms with van der Waals surface area (Å²) in [5.41, 5.74) is 1.50. The van der Waals surface area contributed by atoms with Gasteiger partial charge in [-0.15, -0.1) is 0 Å². The summed E-state index contributed by atoms with van der Waals surface area (Å²) in [5.74, 6) is -0.466. The van der Waals surface area contributed by atoms with E-state index in [0.717, 1.165) is 11.3 Å². The van der Waals surface area contributed by atoms with Gasteiger partial charge in [-0.05, 0) is 30.5 Å². The summed E-state index contributed by atoms with van der Waals surface area (Å²) >= 11 is 0. The van der Waals surface area contributed by atoms with Gasteiger partial charge in [0, 0.05) is 18.8 Å². The van der Waals surface area contributed by atoms with E-state index in [4.69, 9.17) is 0 Å². The number of amides is 1. The van der Waals surface area contributed by atoms with Crippen LogP contribution in [0.4, 0.5) is 5.69 Å². The van der Waals surface area contributed by atoms with Crippen molar-refractivity contribution in [2.75, 3.05) is 18.4 Å². The van der Waals surface area contributed by atoms with E-state index in [1.165, 1.54) is 4.31 Å². The molecule has 132 valence electrons. The molecule has 5 nitrogen and oxygen atoms in total. The lowest BCUT2D eigenvalue weighted by Crippen LogP contribution is -2.44. The Morgan fingerprint density at radius 2 is 1.68 bits per heavy atom. The third-order valence-corrected chi connectivity index (χ3v) is 6.20. The van der Waals surface area contributed by atoms with Crippen LogP contribution in [0.5, 0.6) is 0 Å². The molecule has 0 radical (unpaired) electrons. The van der Waals surface area contributed by atoms with Gasteiger partial charge in [-0.1, -0.05) is 48.5 Å². The number of benzene rings is 2. The van der Waals surface area contributed by atoms with E-state index >= 15 is 0 Å². The molecule has 0 bridgehead atoms. The van der Waals surface area contributed by atoms with Crippen LogP contribution in [0.3, 0.4) is 0 Å². The maximum atomic E-state index is 12.7. The van der Waals surface area contributed by atoms with Crippen LogP contribution in [-0.2, 0) is 20.6 Å². The maximum Gasteiger partial charge on any atom is 0.228 e. The largest absolute Gasteiger partial charge is 0.326 e. The highest BCUT2D eigenvalue weighted by Crippen LogP contribution is 2.22. The van der Waals surface area contributed by atoms with E-state index in [1.54, 1.807) is 12.1 Å². The van der Waals surface area contributed by atoms with E-state index in [1.807, 2.05) is 48.5 Å². The van der Waals surface area contributed by atoms with Gasteiger partial charge in [0.15, 0.2) is 0 Å². The zero-order chi connectivity index (χ0) is 17.7. The molecule has 0 unspecified atom stereocenters. The third kappa shape index (κ3) is 4.67. The molecule has 2 aromatic carbocycles. The molecule has 0 spiro atoms. The van der Waals surface area contributed by atoms with Crippen LogP contribution in [-0.4, -0.2) is 31.7 Å². The highest BCUT2D eigenvalue weighted by Gasteiger charge is 2.32. The molecule has 0 aliphatic carbocycles. The first-order chi connectivity index (χ1) is 12.0. The predicted octanol–water partition coefficient (Wildman–Crippen LogP) is 2.87.